The second kappa shape index (κ2) is 6.83. The summed E-state index contributed by atoms with van der Waals surface area (Å²) >= 11 is 6.82. The molecule has 2 rings (SSSR count). The minimum Gasteiger partial charge on any atom is -0.378 e. The second-order valence-electron chi connectivity index (χ2n) is 4.57. The molecule has 1 fully saturated rings. The van der Waals surface area contributed by atoms with E-state index in [1.807, 2.05) is 18.2 Å². The molecule has 1 aromatic rings. The maximum atomic E-state index is 12.1. The van der Waals surface area contributed by atoms with Crippen molar-refractivity contribution in [2.45, 2.75) is 38.2 Å². The van der Waals surface area contributed by atoms with E-state index in [-0.39, 0.29) is 5.78 Å². The third-order valence-corrected chi connectivity index (χ3v) is 4.37. The topological polar surface area (TPSA) is 26.3 Å². The van der Waals surface area contributed by atoms with Crippen LogP contribution in [0.5, 0.6) is 0 Å². The lowest BCUT2D eigenvalue weighted by molar-refractivity contribution is 0.0922. The average molecular weight is 376 g/mol. The van der Waals surface area contributed by atoms with E-state index >= 15 is 0 Å². The third-order valence-electron chi connectivity index (χ3n) is 3.18. The number of Topliss-reactive ketones (excluding diaryl/α,β-unsaturated/α-hetero) is 1. The van der Waals surface area contributed by atoms with Crippen molar-refractivity contribution in [1.29, 1.82) is 0 Å². The molecule has 18 heavy (non-hydrogen) atoms. The van der Waals surface area contributed by atoms with Crippen molar-refractivity contribution in [2.24, 2.45) is 0 Å². The van der Waals surface area contributed by atoms with Crippen LogP contribution in [0.3, 0.4) is 0 Å². The van der Waals surface area contributed by atoms with E-state index < -0.39 is 0 Å². The van der Waals surface area contributed by atoms with E-state index in [1.54, 1.807) is 0 Å². The molecule has 0 saturated carbocycles. The Labute approximate surface area is 124 Å². The molecule has 98 valence electrons. The van der Waals surface area contributed by atoms with Gasteiger partial charge in [0, 0.05) is 27.5 Å². The van der Waals surface area contributed by atoms with Crippen molar-refractivity contribution in [3.8, 4) is 0 Å². The standard InChI is InChI=1S/C14H16Br2O2/c15-10-6-7-13(16)12(9-10)14(17)5-1-3-11-4-2-8-18-11/h6-7,9,11H,1-5,8H2. The molecule has 1 aliphatic heterocycles. The number of benzene rings is 1. The fourth-order valence-corrected chi connectivity index (χ4v) is 3.04. The van der Waals surface area contributed by atoms with Crippen LogP contribution in [0.15, 0.2) is 27.1 Å². The summed E-state index contributed by atoms with van der Waals surface area (Å²) in [6, 6.07) is 5.70. The van der Waals surface area contributed by atoms with Crippen LogP contribution >= 0.6 is 31.9 Å². The van der Waals surface area contributed by atoms with Gasteiger partial charge in [-0.05, 0) is 43.9 Å². The van der Waals surface area contributed by atoms with Crippen LogP contribution in [-0.2, 0) is 4.74 Å². The molecule has 1 saturated heterocycles. The smallest absolute Gasteiger partial charge is 0.164 e. The summed E-state index contributed by atoms with van der Waals surface area (Å²) < 4.78 is 7.36. The van der Waals surface area contributed by atoms with Gasteiger partial charge >= 0.3 is 0 Å². The first-order valence-corrected chi connectivity index (χ1v) is 7.85. The van der Waals surface area contributed by atoms with Gasteiger partial charge in [0.25, 0.3) is 0 Å². The third kappa shape index (κ3) is 3.90. The Bertz CT molecular complexity index is 426. The largest absolute Gasteiger partial charge is 0.378 e. The quantitative estimate of drug-likeness (QED) is 0.694. The first-order chi connectivity index (χ1) is 8.66. The highest BCUT2D eigenvalue weighted by molar-refractivity contribution is 9.11. The van der Waals surface area contributed by atoms with Gasteiger partial charge in [-0.3, -0.25) is 4.79 Å². The maximum Gasteiger partial charge on any atom is 0.164 e. The molecule has 0 bridgehead atoms. The van der Waals surface area contributed by atoms with Gasteiger partial charge in [0.1, 0.15) is 0 Å². The van der Waals surface area contributed by atoms with Gasteiger partial charge in [0.2, 0.25) is 0 Å². The van der Waals surface area contributed by atoms with Crippen LogP contribution in [0.25, 0.3) is 0 Å². The molecule has 2 nitrogen and oxygen atoms in total. The molecular weight excluding hydrogens is 360 g/mol. The van der Waals surface area contributed by atoms with Crippen molar-refractivity contribution in [3.63, 3.8) is 0 Å². The zero-order valence-corrected chi connectivity index (χ0v) is 13.3. The van der Waals surface area contributed by atoms with Crippen LogP contribution in [0, 0.1) is 0 Å². The van der Waals surface area contributed by atoms with E-state index in [0.717, 1.165) is 46.8 Å². The van der Waals surface area contributed by atoms with Crippen molar-refractivity contribution in [1.82, 2.24) is 0 Å². The molecule has 0 N–H and O–H groups in total. The van der Waals surface area contributed by atoms with Gasteiger partial charge in [-0.2, -0.15) is 0 Å². The van der Waals surface area contributed by atoms with Gasteiger partial charge in [0.05, 0.1) is 6.10 Å². The zero-order chi connectivity index (χ0) is 13.0. The predicted molar refractivity (Wildman–Crippen MR) is 79.0 cm³/mol. The van der Waals surface area contributed by atoms with Crippen LogP contribution in [0.1, 0.15) is 42.5 Å². The van der Waals surface area contributed by atoms with E-state index in [9.17, 15) is 4.79 Å². The minimum atomic E-state index is 0.196. The van der Waals surface area contributed by atoms with E-state index in [1.165, 1.54) is 0 Å². The van der Waals surface area contributed by atoms with E-state index in [0.29, 0.717) is 12.5 Å². The summed E-state index contributed by atoms with van der Waals surface area (Å²) in [5.74, 6) is 0.196. The summed E-state index contributed by atoms with van der Waals surface area (Å²) in [6.07, 6.45) is 5.18. The number of hydrogen-bond acceptors (Lipinski definition) is 2. The Hall–Kier alpha value is -0.190. The molecule has 1 aromatic carbocycles. The Morgan fingerprint density at radius 3 is 2.94 bits per heavy atom. The summed E-state index contributed by atoms with van der Waals surface area (Å²) in [7, 11) is 0. The molecule has 0 aliphatic carbocycles. The summed E-state index contributed by atoms with van der Waals surface area (Å²) in [5.41, 5.74) is 0.761. The van der Waals surface area contributed by atoms with Crippen molar-refractivity contribution < 1.29 is 9.53 Å². The molecule has 0 spiro atoms. The number of rotatable bonds is 5. The number of halogens is 2. The normalized spacial score (nSPS) is 19.1. The van der Waals surface area contributed by atoms with Crippen molar-refractivity contribution >= 4 is 37.6 Å². The fraction of sp³-hybridized carbons (Fsp3) is 0.500. The Balaban J connectivity index is 1.85. The highest BCUT2D eigenvalue weighted by Crippen LogP contribution is 2.24. The fourth-order valence-electron chi connectivity index (χ4n) is 2.21. The van der Waals surface area contributed by atoms with Crippen LogP contribution in [0.2, 0.25) is 0 Å². The van der Waals surface area contributed by atoms with Crippen LogP contribution < -0.4 is 0 Å². The van der Waals surface area contributed by atoms with E-state index in [4.69, 9.17) is 4.74 Å². The first-order valence-electron chi connectivity index (χ1n) is 6.26. The number of hydrogen-bond donors (Lipinski definition) is 0. The molecule has 4 heteroatoms. The highest BCUT2D eigenvalue weighted by atomic mass is 79.9. The Morgan fingerprint density at radius 2 is 2.22 bits per heavy atom. The van der Waals surface area contributed by atoms with E-state index in [2.05, 4.69) is 31.9 Å². The second-order valence-corrected chi connectivity index (χ2v) is 6.34. The van der Waals surface area contributed by atoms with Gasteiger partial charge in [0.15, 0.2) is 5.78 Å². The van der Waals surface area contributed by atoms with Gasteiger partial charge < -0.3 is 4.74 Å². The Kier molecular flexibility index (Phi) is 5.39. The van der Waals surface area contributed by atoms with Gasteiger partial charge in [-0.25, -0.2) is 0 Å². The van der Waals surface area contributed by atoms with Crippen LogP contribution in [0.4, 0.5) is 0 Å². The molecule has 1 heterocycles. The molecule has 0 aromatic heterocycles. The first kappa shape index (κ1) is 14.2. The summed E-state index contributed by atoms with van der Waals surface area (Å²) in [5, 5.41) is 0. The monoisotopic (exact) mass is 374 g/mol. The molecule has 0 radical (unpaired) electrons. The van der Waals surface area contributed by atoms with Crippen molar-refractivity contribution in [3.05, 3.63) is 32.7 Å². The Morgan fingerprint density at radius 1 is 1.39 bits per heavy atom. The SMILES string of the molecule is O=C(CCCC1CCCO1)c1cc(Br)ccc1Br. The van der Waals surface area contributed by atoms with Gasteiger partial charge in [-0.15, -0.1) is 0 Å². The maximum absolute atomic E-state index is 12.1. The summed E-state index contributed by atoms with van der Waals surface area (Å²) in [6.45, 7) is 0.885. The lowest BCUT2D eigenvalue weighted by Gasteiger charge is -2.09. The number of carbonyl (C=O) groups is 1. The predicted octanol–water partition coefficient (Wildman–Crippen LogP) is 4.74. The number of carbonyl (C=O) groups excluding carboxylic acids is 1. The number of ether oxygens (including phenoxy) is 1. The molecule has 1 unspecified atom stereocenters. The average Bonchev–Trinajstić information content (AvgIpc) is 2.85. The summed E-state index contributed by atoms with van der Waals surface area (Å²) in [4.78, 5) is 12.1. The minimum absolute atomic E-state index is 0.196. The molecular formula is C14H16Br2O2. The lowest BCUT2D eigenvalue weighted by Crippen LogP contribution is -2.07. The van der Waals surface area contributed by atoms with Gasteiger partial charge in [-0.1, -0.05) is 31.9 Å². The zero-order valence-electron chi connectivity index (χ0n) is 10.1. The van der Waals surface area contributed by atoms with Crippen LogP contribution in [-0.4, -0.2) is 18.5 Å². The number of ketones is 1. The van der Waals surface area contributed by atoms with Crippen molar-refractivity contribution in [2.75, 3.05) is 6.61 Å². The lowest BCUT2D eigenvalue weighted by atomic mass is 10.0. The molecule has 1 aliphatic rings. The molecule has 1 atom stereocenters. The molecule has 0 amide bonds. The highest BCUT2D eigenvalue weighted by Gasteiger charge is 2.16.